The SMILES string of the molecule is Cc1nnn(C(=O)n2ccnn2)c1C(Cl)(Cl)Cl. The first-order valence-electron chi connectivity index (χ1n) is 4.32. The number of halogens is 3. The highest BCUT2D eigenvalue weighted by Gasteiger charge is 2.33. The van der Waals surface area contributed by atoms with Crippen molar-refractivity contribution in [1.82, 2.24) is 30.0 Å². The second kappa shape index (κ2) is 4.25. The van der Waals surface area contributed by atoms with Crippen LogP contribution in [0.15, 0.2) is 12.4 Å². The van der Waals surface area contributed by atoms with E-state index in [-0.39, 0.29) is 5.69 Å². The second-order valence-corrected chi connectivity index (χ2v) is 5.34. The van der Waals surface area contributed by atoms with Crippen LogP contribution in [0.25, 0.3) is 0 Å². The lowest BCUT2D eigenvalue weighted by atomic mass is 10.4. The van der Waals surface area contributed by atoms with E-state index >= 15 is 0 Å². The van der Waals surface area contributed by atoms with Gasteiger partial charge in [0.2, 0.25) is 3.79 Å². The highest BCUT2D eigenvalue weighted by Crippen LogP contribution is 2.39. The first-order valence-corrected chi connectivity index (χ1v) is 5.45. The first kappa shape index (κ1) is 12.3. The molecule has 0 saturated heterocycles. The molecule has 0 saturated carbocycles. The van der Waals surface area contributed by atoms with Crippen molar-refractivity contribution in [3.8, 4) is 0 Å². The molecular formula is C7H5Cl3N6O. The van der Waals surface area contributed by atoms with Crippen molar-refractivity contribution < 1.29 is 4.79 Å². The highest BCUT2D eigenvalue weighted by atomic mass is 35.6. The van der Waals surface area contributed by atoms with Crippen LogP contribution in [0.5, 0.6) is 0 Å². The average molecular weight is 296 g/mol. The third-order valence-electron chi connectivity index (χ3n) is 1.91. The molecule has 0 aromatic carbocycles. The Morgan fingerprint density at radius 1 is 1.35 bits per heavy atom. The number of carbonyl (C=O) groups is 1. The van der Waals surface area contributed by atoms with Crippen molar-refractivity contribution >= 4 is 40.8 Å². The zero-order valence-electron chi connectivity index (χ0n) is 8.38. The Morgan fingerprint density at radius 3 is 2.59 bits per heavy atom. The minimum Gasteiger partial charge on any atom is -0.243 e. The number of nitrogens with zero attached hydrogens (tertiary/aromatic N) is 6. The van der Waals surface area contributed by atoms with Crippen LogP contribution in [-0.4, -0.2) is 36.0 Å². The maximum Gasteiger partial charge on any atom is 0.372 e. The Hall–Kier alpha value is -1.18. The van der Waals surface area contributed by atoms with Gasteiger partial charge in [0.05, 0.1) is 18.1 Å². The van der Waals surface area contributed by atoms with E-state index in [1.165, 1.54) is 12.4 Å². The standard InChI is InChI=1S/C7H5Cl3N6O/c1-4-5(7(8,9)10)16(14-12-4)6(17)15-3-2-11-13-15/h2-3H,1H3. The number of aromatic nitrogens is 6. The number of carbonyl (C=O) groups excluding carboxylic acids is 1. The van der Waals surface area contributed by atoms with Crippen molar-refractivity contribution in [1.29, 1.82) is 0 Å². The lowest BCUT2D eigenvalue weighted by Crippen LogP contribution is -2.26. The second-order valence-electron chi connectivity index (χ2n) is 3.06. The van der Waals surface area contributed by atoms with Crippen LogP contribution in [0, 0.1) is 6.92 Å². The van der Waals surface area contributed by atoms with Gasteiger partial charge in [0.15, 0.2) is 0 Å². The summed E-state index contributed by atoms with van der Waals surface area (Å²) in [4.78, 5) is 11.9. The van der Waals surface area contributed by atoms with Crippen molar-refractivity contribution in [2.75, 3.05) is 0 Å². The quantitative estimate of drug-likeness (QED) is 0.689. The zero-order valence-corrected chi connectivity index (χ0v) is 10.6. The summed E-state index contributed by atoms with van der Waals surface area (Å²) in [5.74, 6) is 0. The fourth-order valence-corrected chi connectivity index (χ4v) is 1.87. The minimum atomic E-state index is -1.80. The molecule has 2 aromatic rings. The van der Waals surface area contributed by atoms with E-state index in [1.54, 1.807) is 6.92 Å². The molecule has 0 radical (unpaired) electrons. The molecule has 17 heavy (non-hydrogen) atoms. The lowest BCUT2D eigenvalue weighted by Gasteiger charge is -2.12. The fourth-order valence-electron chi connectivity index (χ4n) is 1.22. The molecule has 0 aliphatic carbocycles. The van der Waals surface area contributed by atoms with Gasteiger partial charge < -0.3 is 0 Å². The van der Waals surface area contributed by atoms with E-state index in [0.29, 0.717) is 5.69 Å². The van der Waals surface area contributed by atoms with Gasteiger partial charge in [-0.2, -0.15) is 9.36 Å². The first-order chi connectivity index (χ1) is 7.91. The Balaban J connectivity index is 2.51. The molecule has 0 bridgehead atoms. The van der Waals surface area contributed by atoms with Crippen molar-refractivity contribution in [3.63, 3.8) is 0 Å². The molecule has 7 nitrogen and oxygen atoms in total. The van der Waals surface area contributed by atoms with Gasteiger partial charge in [0, 0.05) is 0 Å². The van der Waals surface area contributed by atoms with Crippen LogP contribution in [0.2, 0.25) is 0 Å². The maximum atomic E-state index is 11.9. The molecule has 2 aromatic heterocycles. The summed E-state index contributed by atoms with van der Waals surface area (Å²) in [7, 11) is 0. The topological polar surface area (TPSA) is 78.5 Å². The predicted octanol–water partition coefficient (Wildman–Crippen LogP) is 1.52. The molecular weight excluding hydrogens is 290 g/mol. The summed E-state index contributed by atoms with van der Waals surface area (Å²) in [6.07, 6.45) is 2.69. The smallest absolute Gasteiger partial charge is 0.243 e. The third-order valence-corrected chi connectivity index (χ3v) is 2.44. The fraction of sp³-hybridized carbons (Fsp3) is 0.286. The summed E-state index contributed by atoms with van der Waals surface area (Å²) < 4.78 is 0.0227. The molecule has 10 heteroatoms. The molecule has 0 spiro atoms. The van der Waals surface area contributed by atoms with E-state index in [1.807, 2.05) is 0 Å². The predicted molar refractivity (Wildman–Crippen MR) is 60.2 cm³/mol. The van der Waals surface area contributed by atoms with E-state index < -0.39 is 9.82 Å². The maximum absolute atomic E-state index is 11.9. The van der Waals surface area contributed by atoms with E-state index in [0.717, 1.165) is 9.36 Å². The van der Waals surface area contributed by atoms with Gasteiger partial charge in [-0.15, -0.1) is 10.2 Å². The summed E-state index contributed by atoms with van der Waals surface area (Å²) in [5.41, 5.74) is 0.418. The molecule has 0 fully saturated rings. The molecule has 0 unspecified atom stereocenters. The summed E-state index contributed by atoms with van der Waals surface area (Å²) in [6.45, 7) is 1.58. The van der Waals surface area contributed by atoms with Crippen LogP contribution < -0.4 is 0 Å². The van der Waals surface area contributed by atoms with Crippen molar-refractivity contribution in [2.24, 2.45) is 0 Å². The minimum absolute atomic E-state index is 0.0722. The molecule has 0 aliphatic rings. The van der Waals surface area contributed by atoms with Gasteiger partial charge in [-0.05, 0) is 6.92 Å². The van der Waals surface area contributed by atoms with E-state index in [4.69, 9.17) is 34.8 Å². The Labute approximate surface area is 110 Å². The van der Waals surface area contributed by atoms with Crippen LogP contribution in [0.1, 0.15) is 11.4 Å². The molecule has 0 N–H and O–H groups in total. The number of rotatable bonds is 0. The molecule has 0 amide bonds. The average Bonchev–Trinajstić information content (AvgIpc) is 2.83. The van der Waals surface area contributed by atoms with E-state index in [9.17, 15) is 4.79 Å². The highest BCUT2D eigenvalue weighted by molar-refractivity contribution is 6.66. The van der Waals surface area contributed by atoms with Gasteiger partial charge in [-0.3, -0.25) is 0 Å². The zero-order chi connectivity index (χ0) is 12.6. The molecule has 0 aliphatic heterocycles. The summed E-state index contributed by atoms with van der Waals surface area (Å²) in [6, 6.07) is -0.635. The molecule has 90 valence electrons. The van der Waals surface area contributed by atoms with Crippen LogP contribution in [0.3, 0.4) is 0 Å². The van der Waals surface area contributed by atoms with Crippen molar-refractivity contribution in [3.05, 3.63) is 23.8 Å². The number of alkyl halides is 3. The Kier molecular flexibility index (Phi) is 3.07. The normalized spacial score (nSPS) is 11.8. The van der Waals surface area contributed by atoms with Crippen LogP contribution in [0.4, 0.5) is 4.79 Å². The molecule has 0 atom stereocenters. The van der Waals surface area contributed by atoms with Gasteiger partial charge >= 0.3 is 6.03 Å². The van der Waals surface area contributed by atoms with E-state index in [2.05, 4.69) is 20.6 Å². The summed E-state index contributed by atoms with van der Waals surface area (Å²) >= 11 is 17.2. The van der Waals surface area contributed by atoms with Gasteiger partial charge in [-0.1, -0.05) is 45.2 Å². The van der Waals surface area contributed by atoms with Gasteiger partial charge in [-0.25, -0.2) is 4.79 Å². The largest absolute Gasteiger partial charge is 0.372 e. The summed E-state index contributed by atoms with van der Waals surface area (Å²) in [5, 5.41) is 14.3. The lowest BCUT2D eigenvalue weighted by molar-refractivity contribution is 0.236. The van der Waals surface area contributed by atoms with Crippen LogP contribution >= 0.6 is 34.8 Å². The van der Waals surface area contributed by atoms with Crippen LogP contribution in [-0.2, 0) is 3.79 Å². The number of hydrogen-bond acceptors (Lipinski definition) is 5. The Bertz CT molecular complexity index is 542. The number of hydrogen-bond donors (Lipinski definition) is 0. The molecule has 2 heterocycles. The number of aryl methyl sites for hydroxylation is 1. The van der Waals surface area contributed by atoms with Crippen molar-refractivity contribution in [2.45, 2.75) is 10.7 Å². The molecule has 2 rings (SSSR count). The third kappa shape index (κ3) is 2.26. The monoisotopic (exact) mass is 294 g/mol. The van der Waals surface area contributed by atoms with Gasteiger partial charge in [0.25, 0.3) is 0 Å². The van der Waals surface area contributed by atoms with Gasteiger partial charge in [0.1, 0.15) is 5.69 Å². The Morgan fingerprint density at radius 2 is 2.06 bits per heavy atom.